The Bertz CT molecular complexity index is 59.4. The van der Waals surface area contributed by atoms with Crippen molar-refractivity contribution in [2.45, 2.75) is 19.3 Å². The number of ether oxygens (including phenoxy) is 2. The van der Waals surface area contributed by atoms with Gasteiger partial charge < -0.3 is 9.47 Å². The molecule has 0 amide bonds. The SMILES string of the molecule is NC1OCCCCO1. The molecule has 0 bridgehead atoms. The molecule has 0 unspecified atom stereocenters. The molecule has 0 aromatic heterocycles. The molecule has 1 rings (SSSR count). The molecule has 0 saturated carbocycles. The Hall–Kier alpha value is -0.120. The van der Waals surface area contributed by atoms with Crippen LogP contribution in [-0.4, -0.2) is 19.6 Å². The highest BCUT2D eigenvalue weighted by molar-refractivity contribution is 4.43. The topological polar surface area (TPSA) is 44.5 Å². The largest absolute Gasteiger partial charge is 0.340 e. The molecule has 2 N–H and O–H groups in total. The van der Waals surface area contributed by atoms with E-state index >= 15 is 0 Å². The van der Waals surface area contributed by atoms with Crippen molar-refractivity contribution < 1.29 is 9.47 Å². The van der Waals surface area contributed by atoms with Gasteiger partial charge in [-0.15, -0.1) is 0 Å². The van der Waals surface area contributed by atoms with Crippen molar-refractivity contribution in [3.63, 3.8) is 0 Å². The minimum atomic E-state index is -0.475. The second-order valence-corrected chi connectivity index (χ2v) is 1.82. The lowest BCUT2D eigenvalue weighted by molar-refractivity contribution is -0.121. The van der Waals surface area contributed by atoms with Crippen LogP contribution in [0.2, 0.25) is 0 Å². The van der Waals surface area contributed by atoms with Crippen LogP contribution in [0.4, 0.5) is 0 Å². The van der Waals surface area contributed by atoms with Crippen LogP contribution in [0.25, 0.3) is 0 Å². The predicted octanol–water partition coefficient (Wildman–Crippen LogP) is 0.0557. The van der Waals surface area contributed by atoms with E-state index in [0.29, 0.717) is 0 Å². The van der Waals surface area contributed by atoms with Gasteiger partial charge in [-0.05, 0) is 12.8 Å². The van der Waals surface area contributed by atoms with Gasteiger partial charge in [-0.25, -0.2) is 0 Å². The normalized spacial score (nSPS) is 25.1. The summed E-state index contributed by atoms with van der Waals surface area (Å²) in [7, 11) is 0. The van der Waals surface area contributed by atoms with E-state index in [1.54, 1.807) is 0 Å². The van der Waals surface area contributed by atoms with Gasteiger partial charge in [0.05, 0.1) is 13.2 Å². The molecule has 0 spiro atoms. The fourth-order valence-corrected chi connectivity index (χ4v) is 0.651. The molecule has 1 aliphatic heterocycles. The van der Waals surface area contributed by atoms with E-state index in [9.17, 15) is 0 Å². The van der Waals surface area contributed by atoms with Gasteiger partial charge in [-0.2, -0.15) is 0 Å². The molecule has 3 nitrogen and oxygen atoms in total. The summed E-state index contributed by atoms with van der Waals surface area (Å²) in [6, 6.07) is 0. The molecule has 0 aromatic rings. The zero-order valence-corrected chi connectivity index (χ0v) is 4.80. The standard InChI is InChI=1S/C5H11NO2/c6-5-7-3-1-2-4-8-5/h5H,1-4,6H2. The molecule has 1 aliphatic rings. The van der Waals surface area contributed by atoms with E-state index in [-0.39, 0.29) is 0 Å². The van der Waals surface area contributed by atoms with Crippen molar-refractivity contribution in [3.05, 3.63) is 0 Å². The highest BCUT2D eigenvalue weighted by atomic mass is 16.7. The van der Waals surface area contributed by atoms with Gasteiger partial charge >= 0.3 is 0 Å². The van der Waals surface area contributed by atoms with Gasteiger partial charge in [-0.1, -0.05) is 0 Å². The number of nitrogens with two attached hydrogens (primary N) is 1. The van der Waals surface area contributed by atoms with Crippen LogP contribution >= 0.6 is 0 Å². The van der Waals surface area contributed by atoms with Crippen LogP contribution in [0, 0.1) is 0 Å². The Kier molecular flexibility index (Phi) is 2.27. The lowest BCUT2D eigenvalue weighted by Crippen LogP contribution is -2.25. The summed E-state index contributed by atoms with van der Waals surface area (Å²) in [6.07, 6.45) is 1.65. The van der Waals surface area contributed by atoms with Crippen molar-refractivity contribution in [2.24, 2.45) is 5.73 Å². The summed E-state index contributed by atoms with van der Waals surface area (Å²) >= 11 is 0. The fraction of sp³-hybridized carbons (Fsp3) is 1.00. The summed E-state index contributed by atoms with van der Waals surface area (Å²) in [5.74, 6) is 0. The Balaban J connectivity index is 2.17. The van der Waals surface area contributed by atoms with Crippen molar-refractivity contribution >= 4 is 0 Å². The lowest BCUT2D eigenvalue weighted by atomic mass is 10.3. The zero-order valence-electron chi connectivity index (χ0n) is 4.80. The Morgan fingerprint density at radius 2 is 1.62 bits per heavy atom. The number of rotatable bonds is 0. The average molecular weight is 117 g/mol. The second-order valence-electron chi connectivity index (χ2n) is 1.82. The highest BCUT2D eigenvalue weighted by Gasteiger charge is 2.05. The Morgan fingerprint density at radius 1 is 1.12 bits per heavy atom. The maximum absolute atomic E-state index is 5.29. The van der Waals surface area contributed by atoms with Crippen LogP contribution in [0.1, 0.15) is 12.8 Å². The third-order valence-electron chi connectivity index (χ3n) is 1.10. The van der Waals surface area contributed by atoms with Crippen molar-refractivity contribution in [1.82, 2.24) is 0 Å². The maximum Gasteiger partial charge on any atom is 0.213 e. The van der Waals surface area contributed by atoms with E-state index in [1.807, 2.05) is 0 Å². The number of hydrogen-bond donors (Lipinski definition) is 1. The molecular formula is C5H11NO2. The monoisotopic (exact) mass is 117 g/mol. The van der Waals surface area contributed by atoms with E-state index in [4.69, 9.17) is 15.2 Å². The molecule has 3 heteroatoms. The molecular weight excluding hydrogens is 106 g/mol. The summed E-state index contributed by atoms with van der Waals surface area (Å²) in [5, 5.41) is 0. The minimum Gasteiger partial charge on any atom is -0.340 e. The highest BCUT2D eigenvalue weighted by Crippen LogP contribution is 2.00. The van der Waals surface area contributed by atoms with Crippen molar-refractivity contribution in [3.8, 4) is 0 Å². The molecule has 1 saturated heterocycles. The van der Waals surface area contributed by atoms with Crippen LogP contribution in [-0.2, 0) is 9.47 Å². The first kappa shape index (κ1) is 6.01. The fourth-order valence-electron chi connectivity index (χ4n) is 0.651. The Morgan fingerprint density at radius 3 is 2.12 bits per heavy atom. The minimum absolute atomic E-state index is 0.475. The zero-order chi connectivity index (χ0) is 5.82. The van der Waals surface area contributed by atoms with E-state index in [1.165, 1.54) is 0 Å². The van der Waals surface area contributed by atoms with Gasteiger partial charge in [-0.3, -0.25) is 5.73 Å². The molecule has 0 atom stereocenters. The van der Waals surface area contributed by atoms with Crippen molar-refractivity contribution in [2.75, 3.05) is 13.2 Å². The van der Waals surface area contributed by atoms with Crippen molar-refractivity contribution in [1.29, 1.82) is 0 Å². The predicted molar refractivity (Wildman–Crippen MR) is 29.1 cm³/mol. The van der Waals surface area contributed by atoms with Gasteiger partial charge in [0, 0.05) is 0 Å². The number of hydrogen-bond acceptors (Lipinski definition) is 3. The summed E-state index contributed by atoms with van der Waals surface area (Å²) in [5.41, 5.74) is 5.29. The first-order valence-electron chi connectivity index (χ1n) is 2.88. The van der Waals surface area contributed by atoms with Gasteiger partial charge in [0.1, 0.15) is 0 Å². The summed E-state index contributed by atoms with van der Waals surface area (Å²) in [4.78, 5) is 0. The van der Waals surface area contributed by atoms with Gasteiger partial charge in [0.25, 0.3) is 0 Å². The Labute approximate surface area is 48.8 Å². The van der Waals surface area contributed by atoms with Crippen LogP contribution in [0.5, 0.6) is 0 Å². The molecule has 48 valence electrons. The third kappa shape index (κ3) is 1.78. The van der Waals surface area contributed by atoms with Crippen LogP contribution in [0.15, 0.2) is 0 Å². The van der Waals surface area contributed by atoms with E-state index < -0.39 is 6.41 Å². The second kappa shape index (κ2) is 3.02. The first-order chi connectivity index (χ1) is 3.89. The molecule has 1 heterocycles. The molecule has 1 fully saturated rings. The van der Waals surface area contributed by atoms with Gasteiger partial charge in [0.15, 0.2) is 0 Å². The first-order valence-corrected chi connectivity index (χ1v) is 2.88. The smallest absolute Gasteiger partial charge is 0.213 e. The molecule has 0 aromatic carbocycles. The van der Waals surface area contributed by atoms with E-state index in [0.717, 1.165) is 26.1 Å². The van der Waals surface area contributed by atoms with Crippen LogP contribution < -0.4 is 5.73 Å². The molecule has 0 aliphatic carbocycles. The van der Waals surface area contributed by atoms with E-state index in [2.05, 4.69) is 0 Å². The maximum atomic E-state index is 5.29. The average Bonchev–Trinajstić information content (AvgIpc) is 1.94. The quantitative estimate of drug-likeness (QED) is 0.487. The molecule has 0 radical (unpaired) electrons. The van der Waals surface area contributed by atoms with Gasteiger partial charge in [0.2, 0.25) is 6.41 Å². The third-order valence-corrected chi connectivity index (χ3v) is 1.10. The molecule has 8 heavy (non-hydrogen) atoms. The summed E-state index contributed by atoms with van der Waals surface area (Å²) in [6.45, 7) is 1.47. The lowest BCUT2D eigenvalue weighted by Gasteiger charge is -2.06. The van der Waals surface area contributed by atoms with Crippen LogP contribution in [0.3, 0.4) is 0 Å². The summed E-state index contributed by atoms with van der Waals surface area (Å²) < 4.78 is 9.92.